The van der Waals surface area contributed by atoms with E-state index in [0.29, 0.717) is 0 Å². The molecule has 4 aliphatic rings. The van der Waals surface area contributed by atoms with Gasteiger partial charge in [0, 0.05) is 18.2 Å². The van der Waals surface area contributed by atoms with Gasteiger partial charge >= 0.3 is 0 Å². The Bertz CT molecular complexity index is 356. The molecule has 0 spiro atoms. The van der Waals surface area contributed by atoms with Gasteiger partial charge in [-0.1, -0.05) is 0 Å². The first kappa shape index (κ1) is 10.2. The number of furan rings is 1. The fraction of sp³-hybridized carbons (Fsp3) is 0.733. The Labute approximate surface area is 103 Å². The third-order valence-corrected chi connectivity index (χ3v) is 5.35. The largest absolute Gasteiger partial charge is 0.472 e. The van der Waals surface area contributed by atoms with Gasteiger partial charge < -0.3 is 9.73 Å². The van der Waals surface area contributed by atoms with Gasteiger partial charge in [0.05, 0.1) is 12.5 Å². The Kier molecular flexibility index (Phi) is 2.32. The highest BCUT2D eigenvalue weighted by Gasteiger charge is 2.47. The van der Waals surface area contributed by atoms with Crippen LogP contribution in [0, 0.1) is 23.7 Å². The van der Waals surface area contributed by atoms with Gasteiger partial charge in [-0.25, -0.2) is 0 Å². The summed E-state index contributed by atoms with van der Waals surface area (Å²) in [6.07, 6.45) is 11.2. The molecule has 1 aromatic heterocycles. The van der Waals surface area contributed by atoms with Crippen molar-refractivity contribution in [3.8, 4) is 0 Å². The Morgan fingerprint density at radius 1 is 1.06 bits per heavy atom. The normalized spacial score (nSPS) is 43.2. The van der Waals surface area contributed by atoms with Crippen molar-refractivity contribution in [1.29, 1.82) is 0 Å². The molecule has 0 aliphatic heterocycles. The summed E-state index contributed by atoms with van der Waals surface area (Å²) >= 11 is 0. The summed E-state index contributed by atoms with van der Waals surface area (Å²) < 4.78 is 5.13. The maximum absolute atomic E-state index is 5.13. The third kappa shape index (κ3) is 1.74. The van der Waals surface area contributed by atoms with Crippen LogP contribution >= 0.6 is 0 Å². The quantitative estimate of drug-likeness (QED) is 0.864. The molecule has 1 aromatic rings. The Hall–Kier alpha value is -0.760. The van der Waals surface area contributed by atoms with Crippen molar-refractivity contribution < 1.29 is 4.42 Å². The first-order valence-corrected chi connectivity index (χ1v) is 7.13. The lowest BCUT2D eigenvalue weighted by molar-refractivity contribution is -0.0142. The van der Waals surface area contributed by atoms with Crippen LogP contribution in [0.1, 0.15) is 37.7 Å². The molecule has 0 radical (unpaired) electrons. The van der Waals surface area contributed by atoms with Crippen LogP contribution in [-0.4, -0.2) is 6.04 Å². The molecule has 4 saturated carbocycles. The molecule has 0 saturated heterocycles. The van der Waals surface area contributed by atoms with Crippen molar-refractivity contribution in [2.45, 2.75) is 44.7 Å². The zero-order valence-electron chi connectivity index (χ0n) is 10.3. The van der Waals surface area contributed by atoms with Crippen molar-refractivity contribution >= 4 is 0 Å². The van der Waals surface area contributed by atoms with Crippen molar-refractivity contribution in [3.63, 3.8) is 0 Å². The molecule has 5 rings (SSSR count). The van der Waals surface area contributed by atoms with Crippen LogP contribution in [0.15, 0.2) is 23.0 Å². The Morgan fingerprint density at radius 2 is 1.76 bits per heavy atom. The van der Waals surface area contributed by atoms with E-state index < -0.39 is 0 Å². The number of hydrogen-bond acceptors (Lipinski definition) is 2. The van der Waals surface area contributed by atoms with Crippen LogP contribution < -0.4 is 5.32 Å². The molecule has 92 valence electrons. The number of nitrogens with one attached hydrogen (secondary N) is 1. The molecule has 4 bridgehead atoms. The molecule has 0 atom stereocenters. The average Bonchev–Trinajstić information content (AvgIpc) is 2.80. The molecule has 0 amide bonds. The van der Waals surface area contributed by atoms with Crippen LogP contribution in [0.5, 0.6) is 0 Å². The molecule has 0 aromatic carbocycles. The molecule has 0 unspecified atom stereocenters. The first-order valence-electron chi connectivity index (χ1n) is 7.13. The van der Waals surface area contributed by atoms with Gasteiger partial charge in [-0.15, -0.1) is 0 Å². The standard InChI is InChI=1S/C15H21NO/c1-2-17-9-10(1)8-16-15-13-4-11-3-12(6-13)7-14(15)5-11/h1-2,9,11-16H,3-8H2. The molecule has 17 heavy (non-hydrogen) atoms. The Morgan fingerprint density at radius 3 is 2.35 bits per heavy atom. The fourth-order valence-corrected chi connectivity index (χ4v) is 4.89. The minimum atomic E-state index is 0.790. The number of hydrogen-bond donors (Lipinski definition) is 1. The maximum atomic E-state index is 5.13. The molecule has 1 heterocycles. The van der Waals surface area contributed by atoms with E-state index in [4.69, 9.17) is 4.42 Å². The molecular weight excluding hydrogens is 210 g/mol. The van der Waals surface area contributed by atoms with Gasteiger partial charge in [0.1, 0.15) is 0 Å². The minimum Gasteiger partial charge on any atom is -0.472 e. The second-order valence-corrected chi connectivity index (χ2v) is 6.47. The lowest BCUT2D eigenvalue weighted by Crippen LogP contribution is -2.54. The maximum Gasteiger partial charge on any atom is 0.0947 e. The fourth-order valence-electron chi connectivity index (χ4n) is 4.89. The van der Waals surface area contributed by atoms with Crippen LogP contribution in [0.25, 0.3) is 0 Å². The van der Waals surface area contributed by atoms with Crippen molar-refractivity contribution in [1.82, 2.24) is 5.32 Å². The highest BCUT2D eigenvalue weighted by molar-refractivity contribution is 5.07. The van der Waals surface area contributed by atoms with E-state index in [9.17, 15) is 0 Å². The van der Waals surface area contributed by atoms with Crippen molar-refractivity contribution in [2.75, 3.05) is 0 Å². The molecule has 4 fully saturated rings. The first-order chi connectivity index (χ1) is 8.38. The predicted octanol–water partition coefficient (Wildman–Crippen LogP) is 3.19. The van der Waals surface area contributed by atoms with Crippen LogP contribution in [0.3, 0.4) is 0 Å². The number of rotatable bonds is 3. The van der Waals surface area contributed by atoms with Crippen LogP contribution in [0.2, 0.25) is 0 Å². The Balaban J connectivity index is 1.44. The summed E-state index contributed by atoms with van der Waals surface area (Å²) in [4.78, 5) is 0. The van der Waals surface area contributed by atoms with Gasteiger partial charge in [0.15, 0.2) is 0 Å². The van der Waals surface area contributed by atoms with Gasteiger partial charge in [0.2, 0.25) is 0 Å². The van der Waals surface area contributed by atoms with Crippen molar-refractivity contribution in [3.05, 3.63) is 24.2 Å². The smallest absolute Gasteiger partial charge is 0.0947 e. The summed E-state index contributed by atoms with van der Waals surface area (Å²) in [5.41, 5.74) is 1.29. The molecular formula is C15H21NO. The molecule has 2 nitrogen and oxygen atoms in total. The lowest BCUT2D eigenvalue weighted by atomic mass is 9.54. The van der Waals surface area contributed by atoms with Gasteiger partial charge in [0.25, 0.3) is 0 Å². The van der Waals surface area contributed by atoms with E-state index in [1.165, 1.54) is 31.2 Å². The average molecular weight is 231 g/mol. The minimum absolute atomic E-state index is 0.790. The van der Waals surface area contributed by atoms with Gasteiger partial charge in [-0.05, 0) is 61.8 Å². The van der Waals surface area contributed by atoms with E-state index in [-0.39, 0.29) is 0 Å². The van der Waals surface area contributed by atoms with Crippen LogP contribution in [0.4, 0.5) is 0 Å². The zero-order chi connectivity index (χ0) is 11.2. The monoisotopic (exact) mass is 231 g/mol. The second kappa shape index (κ2) is 3.88. The summed E-state index contributed by atoms with van der Waals surface area (Å²) in [7, 11) is 0. The molecule has 2 heteroatoms. The van der Waals surface area contributed by atoms with Gasteiger partial charge in [-0.3, -0.25) is 0 Å². The summed E-state index contributed by atoms with van der Waals surface area (Å²) in [6, 6.07) is 2.86. The third-order valence-electron chi connectivity index (χ3n) is 5.35. The van der Waals surface area contributed by atoms with E-state index in [0.717, 1.165) is 36.3 Å². The summed E-state index contributed by atoms with van der Waals surface area (Å²) in [5.74, 6) is 4.09. The molecule has 4 aliphatic carbocycles. The second-order valence-electron chi connectivity index (χ2n) is 6.47. The summed E-state index contributed by atoms with van der Waals surface area (Å²) in [6.45, 7) is 0.990. The van der Waals surface area contributed by atoms with Crippen LogP contribution in [-0.2, 0) is 6.54 Å². The van der Waals surface area contributed by atoms with E-state index in [2.05, 4.69) is 11.4 Å². The van der Waals surface area contributed by atoms with Crippen molar-refractivity contribution in [2.24, 2.45) is 23.7 Å². The highest BCUT2D eigenvalue weighted by atomic mass is 16.3. The van der Waals surface area contributed by atoms with E-state index in [1.54, 1.807) is 12.7 Å². The van der Waals surface area contributed by atoms with Gasteiger partial charge in [-0.2, -0.15) is 0 Å². The SMILES string of the molecule is c1cc(CNC2C3CC4CC(C3)CC2C4)co1. The topological polar surface area (TPSA) is 25.2 Å². The van der Waals surface area contributed by atoms with E-state index >= 15 is 0 Å². The lowest BCUT2D eigenvalue weighted by Gasteiger charge is -2.54. The van der Waals surface area contributed by atoms with E-state index in [1.807, 2.05) is 6.26 Å². The zero-order valence-corrected chi connectivity index (χ0v) is 10.3. The predicted molar refractivity (Wildman–Crippen MR) is 66.4 cm³/mol. The summed E-state index contributed by atoms with van der Waals surface area (Å²) in [5, 5.41) is 3.81. The molecule has 1 N–H and O–H groups in total. The highest BCUT2D eigenvalue weighted by Crippen LogP contribution is 2.53.